The lowest BCUT2D eigenvalue weighted by molar-refractivity contribution is 0.295. The lowest BCUT2D eigenvalue weighted by Crippen LogP contribution is -2.36. The minimum Gasteiger partial charge on any atom is -0.494 e. The third-order valence-corrected chi connectivity index (χ3v) is 3.29. The van der Waals surface area contributed by atoms with Gasteiger partial charge in [-0.2, -0.15) is 0 Å². The van der Waals surface area contributed by atoms with Crippen molar-refractivity contribution >= 4 is 0 Å². The fourth-order valence-electron chi connectivity index (χ4n) is 1.67. The molecule has 2 atom stereocenters. The summed E-state index contributed by atoms with van der Waals surface area (Å²) in [6, 6.07) is 9.23. The molecule has 0 aliphatic heterocycles. The van der Waals surface area contributed by atoms with Crippen LogP contribution in [0.5, 0.6) is 5.75 Å². The Hall–Kier alpha value is -1.06. The zero-order chi connectivity index (χ0) is 13.5. The highest BCUT2D eigenvalue weighted by Gasteiger charge is 2.08. The molecular formula is C15H26N2O. The largest absolute Gasteiger partial charge is 0.494 e. The van der Waals surface area contributed by atoms with Gasteiger partial charge in [0, 0.05) is 18.6 Å². The molecule has 0 aliphatic rings. The van der Waals surface area contributed by atoms with Gasteiger partial charge >= 0.3 is 0 Å². The summed E-state index contributed by atoms with van der Waals surface area (Å²) >= 11 is 0. The number of nitrogens with one attached hydrogen (secondary N) is 1. The van der Waals surface area contributed by atoms with Crippen LogP contribution in [0, 0.1) is 0 Å². The first-order chi connectivity index (χ1) is 8.54. The maximum atomic E-state index is 5.44. The van der Waals surface area contributed by atoms with Gasteiger partial charge in [-0.1, -0.05) is 12.1 Å². The summed E-state index contributed by atoms with van der Waals surface area (Å²) in [5, 5.41) is 3.55. The molecule has 0 aromatic heterocycles. The van der Waals surface area contributed by atoms with Gasteiger partial charge < -0.3 is 15.0 Å². The van der Waals surface area contributed by atoms with E-state index < -0.39 is 0 Å². The number of nitrogens with zero attached hydrogens (tertiary/aromatic N) is 1. The Labute approximate surface area is 111 Å². The maximum absolute atomic E-state index is 5.44. The maximum Gasteiger partial charge on any atom is 0.119 e. The zero-order valence-corrected chi connectivity index (χ0v) is 12.2. The van der Waals surface area contributed by atoms with Crippen molar-refractivity contribution in [3.8, 4) is 5.75 Å². The Morgan fingerprint density at radius 2 is 1.78 bits per heavy atom. The summed E-state index contributed by atoms with van der Waals surface area (Å²) < 4.78 is 5.44. The molecule has 2 unspecified atom stereocenters. The molecule has 1 N–H and O–H groups in total. The molecule has 0 amide bonds. The van der Waals surface area contributed by atoms with Gasteiger partial charge in [-0.25, -0.2) is 0 Å². The van der Waals surface area contributed by atoms with Crippen LogP contribution in [0.4, 0.5) is 0 Å². The first kappa shape index (κ1) is 15.0. The average molecular weight is 250 g/mol. The lowest BCUT2D eigenvalue weighted by Gasteiger charge is -2.23. The summed E-state index contributed by atoms with van der Waals surface area (Å²) in [5.41, 5.74) is 1.30. The molecule has 1 aromatic rings. The van der Waals surface area contributed by atoms with Crippen LogP contribution in [0.3, 0.4) is 0 Å². The average Bonchev–Trinajstić information content (AvgIpc) is 2.36. The van der Waals surface area contributed by atoms with Crippen molar-refractivity contribution in [3.05, 3.63) is 29.8 Å². The highest BCUT2D eigenvalue weighted by molar-refractivity contribution is 5.28. The number of hydrogen-bond acceptors (Lipinski definition) is 3. The van der Waals surface area contributed by atoms with Gasteiger partial charge in [0.15, 0.2) is 0 Å². The van der Waals surface area contributed by atoms with Crippen LogP contribution < -0.4 is 10.1 Å². The minimum absolute atomic E-state index is 0.364. The Bertz CT molecular complexity index is 335. The van der Waals surface area contributed by atoms with E-state index in [1.54, 1.807) is 0 Å². The van der Waals surface area contributed by atoms with E-state index in [4.69, 9.17) is 4.74 Å². The molecule has 0 spiro atoms. The second-order valence-corrected chi connectivity index (χ2v) is 4.94. The molecule has 0 bridgehead atoms. The summed E-state index contributed by atoms with van der Waals surface area (Å²) in [6.07, 6.45) is 0. The van der Waals surface area contributed by atoms with E-state index in [0.29, 0.717) is 18.7 Å². The third-order valence-electron chi connectivity index (χ3n) is 3.29. The van der Waals surface area contributed by atoms with E-state index in [9.17, 15) is 0 Å². The molecule has 0 radical (unpaired) electrons. The van der Waals surface area contributed by atoms with Gasteiger partial charge in [-0.3, -0.25) is 0 Å². The molecule has 0 heterocycles. The van der Waals surface area contributed by atoms with E-state index in [-0.39, 0.29) is 0 Å². The van der Waals surface area contributed by atoms with E-state index in [2.05, 4.69) is 50.3 Å². The fraction of sp³-hybridized carbons (Fsp3) is 0.600. The predicted molar refractivity (Wildman–Crippen MR) is 77.2 cm³/mol. The number of likely N-dealkylation sites (N-methyl/N-ethyl adjacent to an activating group) is 1. The van der Waals surface area contributed by atoms with Gasteiger partial charge in [0.1, 0.15) is 5.75 Å². The number of benzene rings is 1. The Balaban J connectivity index is 2.48. The van der Waals surface area contributed by atoms with E-state index in [1.165, 1.54) is 5.56 Å². The van der Waals surface area contributed by atoms with Crippen molar-refractivity contribution in [2.45, 2.75) is 32.9 Å². The molecule has 0 saturated carbocycles. The van der Waals surface area contributed by atoms with Gasteiger partial charge in [0.25, 0.3) is 0 Å². The van der Waals surface area contributed by atoms with Crippen LogP contribution in [0.1, 0.15) is 32.4 Å². The van der Waals surface area contributed by atoms with Crippen LogP contribution in [-0.2, 0) is 0 Å². The predicted octanol–water partition coefficient (Wildman–Crippen LogP) is 2.69. The van der Waals surface area contributed by atoms with Crippen LogP contribution in [0.25, 0.3) is 0 Å². The van der Waals surface area contributed by atoms with Crippen LogP contribution >= 0.6 is 0 Å². The molecule has 3 nitrogen and oxygen atoms in total. The van der Waals surface area contributed by atoms with Crippen LogP contribution in [-0.4, -0.2) is 38.2 Å². The Morgan fingerprint density at radius 1 is 1.17 bits per heavy atom. The minimum atomic E-state index is 0.364. The van der Waals surface area contributed by atoms with E-state index in [0.717, 1.165) is 12.3 Å². The lowest BCUT2D eigenvalue weighted by atomic mass is 10.1. The molecular weight excluding hydrogens is 224 g/mol. The van der Waals surface area contributed by atoms with Gasteiger partial charge in [0.05, 0.1) is 6.61 Å². The summed E-state index contributed by atoms with van der Waals surface area (Å²) in [5.74, 6) is 0.940. The Kier molecular flexibility index (Phi) is 6.16. The number of ether oxygens (including phenoxy) is 1. The zero-order valence-electron chi connectivity index (χ0n) is 12.2. The fourth-order valence-corrected chi connectivity index (χ4v) is 1.67. The highest BCUT2D eigenvalue weighted by Crippen LogP contribution is 2.17. The van der Waals surface area contributed by atoms with Crippen molar-refractivity contribution in [1.29, 1.82) is 0 Å². The molecule has 3 heteroatoms. The van der Waals surface area contributed by atoms with Crippen molar-refractivity contribution in [3.63, 3.8) is 0 Å². The van der Waals surface area contributed by atoms with E-state index in [1.807, 2.05) is 19.1 Å². The topological polar surface area (TPSA) is 24.5 Å². The molecule has 1 aromatic carbocycles. The second-order valence-electron chi connectivity index (χ2n) is 4.94. The monoisotopic (exact) mass is 250 g/mol. The quantitative estimate of drug-likeness (QED) is 0.805. The first-order valence-corrected chi connectivity index (χ1v) is 6.67. The van der Waals surface area contributed by atoms with Crippen LogP contribution in [0.15, 0.2) is 24.3 Å². The number of rotatable bonds is 7. The van der Waals surface area contributed by atoms with Gasteiger partial charge in [-0.15, -0.1) is 0 Å². The van der Waals surface area contributed by atoms with Gasteiger partial charge in [0.2, 0.25) is 0 Å². The standard InChI is InChI=1S/C15H26N2O/c1-6-18-15-9-7-14(8-10-15)13(3)16-11-12(2)17(4)5/h7-10,12-13,16H,6,11H2,1-5H3. The van der Waals surface area contributed by atoms with Crippen molar-refractivity contribution in [1.82, 2.24) is 10.2 Å². The third kappa shape index (κ3) is 4.67. The summed E-state index contributed by atoms with van der Waals surface area (Å²) in [4.78, 5) is 2.22. The first-order valence-electron chi connectivity index (χ1n) is 6.67. The molecule has 0 aliphatic carbocycles. The normalized spacial score (nSPS) is 14.6. The molecule has 18 heavy (non-hydrogen) atoms. The van der Waals surface area contributed by atoms with Crippen molar-refractivity contribution in [2.75, 3.05) is 27.2 Å². The summed E-state index contributed by atoms with van der Waals surface area (Å²) in [6.45, 7) is 8.12. The molecule has 0 fully saturated rings. The summed E-state index contributed by atoms with van der Waals surface area (Å²) in [7, 11) is 4.21. The van der Waals surface area contributed by atoms with Gasteiger partial charge in [-0.05, 0) is 52.6 Å². The second kappa shape index (κ2) is 7.39. The smallest absolute Gasteiger partial charge is 0.119 e. The molecule has 102 valence electrons. The number of hydrogen-bond donors (Lipinski definition) is 1. The molecule has 1 rings (SSSR count). The highest BCUT2D eigenvalue weighted by atomic mass is 16.5. The van der Waals surface area contributed by atoms with Crippen molar-refractivity contribution < 1.29 is 4.74 Å². The molecule has 0 saturated heterocycles. The SMILES string of the molecule is CCOc1ccc(C(C)NCC(C)N(C)C)cc1. The van der Waals surface area contributed by atoms with Crippen molar-refractivity contribution in [2.24, 2.45) is 0 Å². The van der Waals surface area contributed by atoms with E-state index >= 15 is 0 Å². The van der Waals surface area contributed by atoms with Crippen LogP contribution in [0.2, 0.25) is 0 Å². The Morgan fingerprint density at radius 3 is 2.28 bits per heavy atom.